The van der Waals surface area contributed by atoms with Crippen molar-refractivity contribution in [1.29, 1.82) is 0 Å². The molecule has 2 aliphatic rings. The third-order valence-corrected chi connectivity index (χ3v) is 7.23. The molecule has 2 aliphatic heterocycles. The Balaban J connectivity index is 1.88. The summed E-state index contributed by atoms with van der Waals surface area (Å²) in [5.74, 6) is 0.471. The highest BCUT2D eigenvalue weighted by Crippen LogP contribution is 2.39. The zero-order chi connectivity index (χ0) is 16.7. The van der Waals surface area contributed by atoms with Gasteiger partial charge in [0.05, 0.1) is 7.11 Å². The molecule has 23 heavy (non-hydrogen) atoms. The minimum Gasteiger partial charge on any atom is -0.495 e. The maximum atomic E-state index is 13.1. The van der Waals surface area contributed by atoms with E-state index in [-0.39, 0.29) is 0 Å². The third kappa shape index (κ3) is 2.99. The molecule has 3 rings (SSSR count). The molecule has 0 unspecified atom stereocenters. The molecular weight excluding hydrogens is 312 g/mol. The van der Waals surface area contributed by atoms with Gasteiger partial charge in [-0.15, -0.1) is 0 Å². The van der Waals surface area contributed by atoms with Crippen molar-refractivity contribution in [2.75, 3.05) is 33.3 Å². The first-order valence-corrected chi connectivity index (χ1v) is 9.68. The van der Waals surface area contributed by atoms with Crippen LogP contribution in [0, 0.1) is 19.3 Å². The molecule has 0 radical (unpaired) electrons. The second-order valence-electron chi connectivity index (χ2n) is 6.94. The van der Waals surface area contributed by atoms with Gasteiger partial charge in [0.2, 0.25) is 10.0 Å². The van der Waals surface area contributed by atoms with Crippen molar-refractivity contribution in [2.24, 2.45) is 5.41 Å². The van der Waals surface area contributed by atoms with Crippen molar-refractivity contribution < 1.29 is 13.2 Å². The Bertz CT molecular complexity index is 684. The molecule has 0 bridgehead atoms. The first-order chi connectivity index (χ1) is 10.9. The molecule has 6 heteroatoms. The van der Waals surface area contributed by atoms with Crippen LogP contribution in [0.5, 0.6) is 5.75 Å². The van der Waals surface area contributed by atoms with Gasteiger partial charge < -0.3 is 10.1 Å². The number of rotatable bonds is 3. The van der Waals surface area contributed by atoms with E-state index in [1.807, 2.05) is 19.9 Å². The Morgan fingerprint density at radius 3 is 2.43 bits per heavy atom. The monoisotopic (exact) mass is 338 g/mol. The molecule has 1 spiro atoms. The lowest BCUT2D eigenvalue weighted by atomic mass is 9.78. The number of nitrogens with zero attached hydrogens (tertiary/aromatic N) is 1. The minimum absolute atomic E-state index is 0.304. The molecule has 0 saturated carbocycles. The first kappa shape index (κ1) is 16.7. The number of piperidine rings is 1. The molecule has 0 aromatic heterocycles. The van der Waals surface area contributed by atoms with Crippen LogP contribution in [0.15, 0.2) is 17.0 Å². The van der Waals surface area contributed by atoms with Crippen molar-refractivity contribution in [3.63, 3.8) is 0 Å². The van der Waals surface area contributed by atoms with Crippen LogP contribution in [0.25, 0.3) is 0 Å². The van der Waals surface area contributed by atoms with E-state index in [1.165, 1.54) is 7.11 Å². The Morgan fingerprint density at radius 1 is 1.17 bits per heavy atom. The Labute approximate surface area is 139 Å². The molecule has 0 amide bonds. The summed E-state index contributed by atoms with van der Waals surface area (Å²) in [6, 6.07) is 3.68. The summed E-state index contributed by atoms with van der Waals surface area (Å²) >= 11 is 0. The maximum absolute atomic E-state index is 13.1. The van der Waals surface area contributed by atoms with Crippen LogP contribution in [-0.2, 0) is 10.0 Å². The molecule has 128 valence electrons. The summed E-state index contributed by atoms with van der Waals surface area (Å²) in [4.78, 5) is 0.304. The Morgan fingerprint density at radius 2 is 1.87 bits per heavy atom. The average molecular weight is 338 g/mol. The number of nitrogens with one attached hydrogen (secondary N) is 1. The summed E-state index contributed by atoms with van der Waals surface area (Å²) in [5.41, 5.74) is 2.11. The zero-order valence-electron chi connectivity index (χ0n) is 14.2. The quantitative estimate of drug-likeness (QED) is 0.917. The van der Waals surface area contributed by atoms with Gasteiger partial charge in [-0.25, -0.2) is 8.42 Å². The molecule has 2 saturated heterocycles. The van der Waals surface area contributed by atoms with Crippen LogP contribution in [-0.4, -0.2) is 46.0 Å². The zero-order valence-corrected chi connectivity index (χ0v) is 15.0. The molecule has 2 heterocycles. The summed E-state index contributed by atoms with van der Waals surface area (Å²) in [5, 5.41) is 3.41. The van der Waals surface area contributed by atoms with E-state index in [1.54, 1.807) is 10.4 Å². The number of hydrogen-bond donors (Lipinski definition) is 1. The van der Waals surface area contributed by atoms with Gasteiger partial charge in [0.1, 0.15) is 10.6 Å². The number of hydrogen-bond acceptors (Lipinski definition) is 4. The Kier molecular flexibility index (Phi) is 4.42. The van der Waals surface area contributed by atoms with Crippen molar-refractivity contribution in [1.82, 2.24) is 9.62 Å². The van der Waals surface area contributed by atoms with Crippen molar-refractivity contribution >= 4 is 10.0 Å². The van der Waals surface area contributed by atoms with Crippen molar-refractivity contribution in [2.45, 2.75) is 38.0 Å². The van der Waals surface area contributed by atoms with Crippen LogP contribution < -0.4 is 10.1 Å². The highest BCUT2D eigenvalue weighted by atomic mass is 32.2. The highest BCUT2D eigenvalue weighted by Gasteiger charge is 2.40. The smallest absolute Gasteiger partial charge is 0.246 e. The van der Waals surface area contributed by atoms with Gasteiger partial charge in [-0.1, -0.05) is 6.07 Å². The van der Waals surface area contributed by atoms with Gasteiger partial charge in [-0.3, -0.25) is 0 Å². The van der Waals surface area contributed by atoms with Crippen molar-refractivity contribution in [3.05, 3.63) is 23.3 Å². The standard InChI is InChI=1S/C17H26N2O3S/c1-13-10-14(2)16(22-3)15(11-13)23(20,21)19-8-5-17(6-9-19)4-7-18-12-17/h10-11,18H,4-9,12H2,1-3H3. The van der Waals surface area contributed by atoms with Gasteiger partial charge in [-0.2, -0.15) is 4.31 Å². The van der Waals surface area contributed by atoms with Gasteiger partial charge in [-0.05, 0) is 62.3 Å². The maximum Gasteiger partial charge on any atom is 0.246 e. The molecule has 0 aliphatic carbocycles. The third-order valence-electron chi connectivity index (χ3n) is 5.32. The molecule has 1 N–H and O–H groups in total. The Hall–Kier alpha value is -1.11. The van der Waals surface area contributed by atoms with E-state index in [9.17, 15) is 8.42 Å². The number of methoxy groups -OCH3 is 1. The van der Waals surface area contributed by atoms with Crippen LogP contribution in [0.4, 0.5) is 0 Å². The number of aryl methyl sites for hydroxylation is 2. The van der Waals surface area contributed by atoms with Crippen LogP contribution >= 0.6 is 0 Å². The second kappa shape index (κ2) is 6.07. The van der Waals surface area contributed by atoms with Crippen LogP contribution in [0.2, 0.25) is 0 Å². The molecule has 1 aromatic carbocycles. The van der Waals surface area contributed by atoms with Gasteiger partial charge in [0, 0.05) is 19.6 Å². The van der Waals surface area contributed by atoms with Crippen LogP contribution in [0.1, 0.15) is 30.4 Å². The lowest BCUT2D eigenvalue weighted by Gasteiger charge is -2.38. The molecule has 2 fully saturated rings. The highest BCUT2D eigenvalue weighted by molar-refractivity contribution is 7.89. The summed E-state index contributed by atoms with van der Waals surface area (Å²) in [6.45, 7) is 7.08. The fourth-order valence-corrected chi connectivity index (χ4v) is 5.69. The number of ether oxygens (including phenoxy) is 1. The second-order valence-corrected chi connectivity index (χ2v) is 8.85. The number of benzene rings is 1. The predicted octanol–water partition coefficient (Wildman–Crippen LogP) is 2.08. The SMILES string of the molecule is COc1c(C)cc(C)cc1S(=O)(=O)N1CCC2(CCNC2)CC1. The van der Waals surface area contributed by atoms with E-state index < -0.39 is 10.0 Å². The minimum atomic E-state index is -3.51. The fraction of sp³-hybridized carbons (Fsp3) is 0.647. The molecule has 1 aromatic rings. The largest absolute Gasteiger partial charge is 0.495 e. The normalized spacial score (nSPS) is 21.7. The van der Waals surface area contributed by atoms with Gasteiger partial charge in [0.25, 0.3) is 0 Å². The van der Waals surface area contributed by atoms with E-state index in [0.717, 1.165) is 43.5 Å². The van der Waals surface area contributed by atoms with E-state index in [2.05, 4.69) is 5.32 Å². The van der Waals surface area contributed by atoms with Crippen LogP contribution in [0.3, 0.4) is 0 Å². The first-order valence-electron chi connectivity index (χ1n) is 8.24. The van der Waals surface area contributed by atoms with Gasteiger partial charge in [0.15, 0.2) is 0 Å². The summed E-state index contributed by atoms with van der Waals surface area (Å²) in [6.07, 6.45) is 3.03. The lowest BCUT2D eigenvalue weighted by molar-refractivity contribution is 0.175. The molecular formula is C17H26N2O3S. The van der Waals surface area contributed by atoms with Crippen molar-refractivity contribution in [3.8, 4) is 5.75 Å². The molecule has 5 nitrogen and oxygen atoms in total. The molecule has 0 atom stereocenters. The van der Waals surface area contributed by atoms with E-state index in [0.29, 0.717) is 29.1 Å². The topological polar surface area (TPSA) is 58.6 Å². The van der Waals surface area contributed by atoms with Gasteiger partial charge >= 0.3 is 0 Å². The predicted molar refractivity (Wildman–Crippen MR) is 90.4 cm³/mol. The average Bonchev–Trinajstić information content (AvgIpc) is 2.95. The lowest BCUT2D eigenvalue weighted by Crippen LogP contribution is -2.44. The summed E-state index contributed by atoms with van der Waals surface area (Å²) < 4.78 is 33.2. The number of sulfonamides is 1. The fourth-order valence-electron chi connectivity index (χ4n) is 3.93. The van der Waals surface area contributed by atoms with E-state index in [4.69, 9.17) is 4.74 Å². The van der Waals surface area contributed by atoms with E-state index >= 15 is 0 Å². The summed E-state index contributed by atoms with van der Waals surface area (Å²) in [7, 11) is -1.97.